The lowest BCUT2D eigenvalue weighted by Crippen LogP contribution is -2.05. The Morgan fingerprint density at radius 3 is 2.39 bits per heavy atom. The number of aryl methyl sites for hydroxylation is 1. The molecule has 1 aromatic carbocycles. The highest BCUT2D eigenvalue weighted by Crippen LogP contribution is 2.33. The topological polar surface area (TPSA) is 106 Å². The van der Waals surface area contributed by atoms with E-state index >= 15 is 0 Å². The third-order valence-corrected chi connectivity index (χ3v) is 3.67. The van der Waals surface area contributed by atoms with E-state index in [0.29, 0.717) is 10.8 Å². The maximum Gasteiger partial charge on any atom is 0.353 e. The summed E-state index contributed by atoms with van der Waals surface area (Å²) in [5.74, 6) is 0.211. The Morgan fingerprint density at radius 2 is 1.78 bits per heavy atom. The van der Waals surface area contributed by atoms with Gasteiger partial charge in [0.15, 0.2) is 5.13 Å². The average Bonchev–Trinajstić information content (AvgIpc) is 3.02. The van der Waals surface area contributed by atoms with Gasteiger partial charge in [0.05, 0.1) is 4.92 Å². The normalized spacial score (nSPS) is 10.3. The molecule has 0 amide bonds. The van der Waals surface area contributed by atoms with E-state index in [1.807, 2.05) is 31.2 Å². The molecular weight excluding hydrogens is 316 g/mol. The van der Waals surface area contributed by atoms with Gasteiger partial charge < -0.3 is 10.6 Å². The van der Waals surface area contributed by atoms with Gasteiger partial charge in [-0.05, 0) is 19.1 Å². The number of hydrogen-bond acceptors (Lipinski definition) is 8. The van der Waals surface area contributed by atoms with Crippen molar-refractivity contribution in [3.8, 4) is 0 Å². The minimum Gasteiger partial charge on any atom is -0.334 e. The average molecular weight is 328 g/mol. The number of anilines is 4. The molecule has 0 saturated carbocycles. The minimum atomic E-state index is -0.521. The molecule has 0 saturated heterocycles. The van der Waals surface area contributed by atoms with E-state index in [1.54, 1.807) is 11.6 Å². The van der Waals surface area contributed by atoms with Crippen molar-refractivity contribution in [2.24, 2.45) is 0 Å². The van der Waals surface area contributed by atoms with E-state index < -0.39 is 4.92 Å². The summed E-state index contributed by atoms with van der Waals surface area (Å²) in [6.07, 6.45) is 2.87. The lowest BCUT2D eigenvalue weighted by molar-refractivity contribution is -0.383. The fourth-order valence-corrected chi connectivity index (χ4v) is 2.42. The molecule has 0 unspecified atom stereocenters. The van der Waals surface area contributed by atoms with Crippen LogP contribution in [0.1, 0.15) is 5.56 Å². The second-order valence-electron chi connectivity index (χ2n) is 4.63. The zero-order valence-electron chi connectivity index (χ0n) is 12.1. The standard InChI is InChI=1S/C14H12N6O2S/c1-9-2-4-10(5-3-9)18-12-11(20(21)22)13(17-8-16-12)19-14-15-6-7-23-14/h2-8H,1H3,(H2,15,16,17,18,19). The van der Waals surface area contributed by atoms with Crippen molar-refractivity contribution in [2.45, 2.75) is 6.92 Å². The Hall–Kier alpha value is -3.07. The maximum absolute atomic E-state index is 11.4. The summed E-state index contributed by atoms with van der Waals surface area (Å²) < 4.78 is 0. The molecule has 2 aromatic heterocycles. The molecule has 0 aliphatic carbocycles. The molecule has 0 atom stereocenters. The van der Waals surface area contributed by atoms with Crippen molar-refractivity contribution in [1.29, 1.82) is 0 Å². The van der Waals surface area contributed by atoms with Gasteiger partial charge >= 0.3 is 5.69 Å². The van der Waals surface area contributed by atoms with Crippen molar-refractivity contribution in [1.82, 2.24) is 15.0 Å². The van der Waals surface area contributed by atoms with Crippen molar-refractivity contribution < 1.29 is 4.92 Å². The van der Waals surface area contributed by atoms with Crippen LogP contribution in [0.25, 0.3) is 0 Å². The van der Waals surface area contributed by atoms with E-state index in [1.165, 1.54) is 17.7 Å². The highest BCUT2D eigenvalue weighted by atomic mass is 32.1. The number of nitro groups is 1. The molecular formula is C14H12N6O2S. The summed E-state index contributed by atoms with van der Waals surface area (Å²) >= 11 is 1.32. The minimum absolute atomic E-state index is 0.0922. The number of nitrogens with zero attached hydrogens (tertiary/aromatic N) is 4. The number of benzene rings is 1. The van der Waals surface area contributed by atoms with Crippen LogP contribution >= 0.6 is 11.3 Å². The van der Waals surface area contributed by atoms with Crippen LogP contribution in [0.4, 0.5) is 28.1 Å². The Morgan fingerprint density at radius 1 is 1.09 bits per heavy atom. The molecule has 3 rings (SSSR count). The highest BCUT2D eigenvalue weighted by Gasteiger charge is 2.23. The third-order valence-electron chi connectivity index (χ3n) is 2.98. The van der Waals surface area contributed by atoms with E-state index in [-0.39, 0.29) is 17.3 Å². The molecule has 23 heavy (non-hydrogen) atoms. The first kappa shape index (κ1) is 14.9. The zero-order chi connectivity index (χ0) is 16.2. The van der Waals surface area contributed by atoms with Crippen molar-refractivity contribution in [3.63, 3.8) is 0 Å². The largest absolute Gasteiger partial charge is 0.353 e. The Labute approximate surface area is 135 Å². The molecule has 9 heteroatoms. The van der Waals surface area contributed by atoms with Gasteiger partial charge in [-0.25, -0.2) is 15.0 Å². The lowest BCUT2D eigenvalue weighted by atomic mass is 10.2. The quantitative estimate of drug-likeness (QED) is 0.544. The number of hydrogen-bond donors (Lipinski definition) is 2. The summed E-state index contributed by atoms with van der Waals surface area (Å²) in [5.41, 5.74) is 1.57. The molecule has 2 N–H and O–H groups in total. The summed E-state index contributed by atoms with van der Waals surface area (Å²) in [6.45, 7) is 1.97. The zero-order valence-corrected chi connectivity index (χ0v) is 12.9. The van der Waals surface area contributed by atoms with Gasteiger partial charge in [-0.3, -0.25) is 10.1 Å². The first-order valence-electron chi connectivity index (χ1n) is 6.63. The van der Waals surface area contributed by atoms with E-state index in [9.17, 15) is 10.1 Å². The van der Waals surface area contributed by atoms with E-state index in [2.05, 4.69) is 25.6 Å². The van der Waals surface area contributed by atoms with E-state index in [0.717, 1.165) is 5.56 Å². The fourth-order valence-electron chi connectivity index (χ4n) is 1.89. The molecule has 2 heterocycles. The van der Waals surface area contributed by atoms with Crippen molar-refractivity contribution >= 4 is 39.5 Å². The molecule has 8 nitrogen and oxygen atoms in total. The molecule has 0 radical (unpaired) electrons. The van der Waals surface area contributed by atoms with Crippen molar-refractivity contribution in [3.05, 3.63) is 57.8 Å². The summed E-state index contributed by atoms with van der Waals surface area (Å²) in [4.78, 5) is 22.9. The molecule has 3 aromatic rings. The summed E-state index contributed by atoms with van der Waals surface area (Å²) in [7, 11) is 0. The van der Waals surface area contributed by atoms with Crippen LogP contribution in [-0.4, -0.2) is 19.9 Å². The fraction of sp³-hybridized carbons (Fsp3) is 0.0714. The Balaban J connectivity index is 1.96. The SMILES string of the molecule is Cc1ccc(Nc2ncnc(Nc3nccs3)c2[N+](=O)[O-])cc1. The summed E-state index contributed by atoms with van der Waals surface area (Å²) in [6, 6.07) is 7.47. The number of rotatable bonds is 5. The van der Waals surface area contributed by atoms with Crippen LogP contribution in [0.3, 0.4) is 0 Å². The van der Waals surface area contributed by atoms with Crippen molar-refractivity contribution in [2.75, 3.05) is 10.6 Å². The van der Waals surface area contributed by atoms with Crippen LogP contribution in [-0.2, 0) is 0 Å². The first-order chi connectivity index (χ1) is 11.1. The highest BCUT2D eigenvalue weighted by molar-refractivity contribution is 7.13. The molecule has 0 aliphatic heterocycles. The van der Waals surface area contributed by atoms with Gasteiger partial charge in [0, 0.05) is 17.3 Å². The number of aromatic nitrogens is 3. The van der Waals surface area contributed by atoms with Crippen LogP contribution in [0.15, 0.2) is 42.2 Å². The van der Waals surface area contributed by atoms with Gasteiger partial charge in [0.25, 0.3) is 0 Å². The maximum atomic E-state index is 11.4. The van der Waals surface area contributed by atoms with Gasteiger partial charge in [0.1, 0.15) is 6.33 Å². The van der Waals surface area contributed by atoms with Gasteiger partial charge in [0.2, 0.25) is 11.6 Å². The van der Waals surface area contributed by atoms with E-state index in [4.69, 9.17) is 0 Å². The predicted molar refractivity (Wildman–Crippen MR) is 88.5 cm³/mol. The van der Waals surface area contributed by atoms with Gasteiger partial charge in [-0.2, -0.15) is 0 Å². The smallest absolute Gasteiger partial charge is 0.334 e. The number of thiazole rings is 1. The monoisotopic (exact) mass is 328 g/mol. The van der Waals surface area contributed by atoms with Crippen LogP contribution in [0.2, 0.25) is 0 Å². The lowest BCUT2D eigenvalue weighted by Gasteiger charge is -2.09. The van der Waals surface area contributed by atoms with Crippen LogP contribution < -0.4 is 10.6 Å². The summed E-state index contributed by atoms with van der Waals surface area (Å²) in [5, 5.41) is 19.5. The Bertz CT molecular complexity index is 820. The molecule has 116 valence electrons. The first-order valence-corrected chi connectivity index (χ1v) is 7.51. The molecule has 0 bridgehead atoms. The van der Waals surface area contributed by atoms with Crippen LogP contribution in [0.5, 0.6) is 0 Å². The third kappa shape index (κ3) is 3.40. The molecule has 0 fully saturated rings. The van der Waals surface area contributed by atoms with Gasteiger partial charge in [-0.15, -0.1) is 11.3 Å². The second kappa shape index (κ2) is 6.36. The Kier molecular flexibility index (Phi) is 4.11. The van der Waals surface area contributed by atoms with Crippen LogP contribution in [0, 0.1) is 17.0 Å². The predicted octanol–water partition coefficient (Wildman–Crippen LogP) is 3.64. The number of nitrogens with one attached hydrogen (secondary N) is 2. The second-order valence-corrected chi connectivity index (χ2v) is 5.52. The molecule has 0 spiro atoms. The molecule has 0 aliphatic rings. The van der Waals surface area contributed by atoms with Gasteiger partial charge in [-0.1, -0.05) is 17.7 Å².